The van der Waals surface area contributed by atoms with Gasteiger partial charge in [0, 0.05) is 38.4 Å². The van der Waals surface area contributed by atoms with Crippen LogP contribution in [0.3, 0.4) is 0 Å². The average Bonchev–Trinajstić information content (AvgIpc) is 2.81. The number of rotatable bonds is 2. The van der Waals surface area contributed by atoms with Crippen LogP contribution in [0.5, 0.6) is 0 Å². The molecule has 2 saturated heterocycles. The second kappa shape index (κ2) is 6.78. The van der Waals surface area contributed by atoms with Gasteiger partial charge in [0.15, 0.2) is 0 Å². The molecule has 0 bridgehead atoms. The zero-order valence-electron chi connectivity index (χ0n) is 12.5. The van der Waals surface area contributed by atoms with Gasteiger partial charge in [0.05, 0.1) is 0 Å². The number of pyridine rings is 1. The Kier molecular flexibility index (Phi) is 4.58. The number of carbonyl (C=O) groups excluding carboxylic acids is 1. The van der Waals surface area contributed by atoms with Gasteiger partial charge in [-0.3, -0.25) is 0 Å². The molecule has 0 spiro atoms. The number of hydrogen-bond acceptors (Lipinski definition) is 3. The second-order valence-electron chi connectivity index (χ2n) is 5.97. The monoisotopic (exact) mass is 288 g/mol. The lowest BCUT2D eigenvalue weighted by atomic mass is 10.2. The average molecular weight is 288 g/mol. The van der Waals surface area contributed by atoms with Crippen LogP contribution < -0.4 is 10.2 Å². The van der Waals surface area contributed by atoms with Crippen LogP contribution in [-0.4, -0.2) is 48.1 Å². The summed E-state index contributed by atoms with van der Waals surface area (Å²) in [5.41, 5.74) is 0. The first-order chi connectivity index (χ1) is 10.3. The minimum Gasteiger partial charge on any atom is -0.354 e. The van der Waals surface area contributed by atoms with E-state index in [1.54, 1.807) is 0 Å². The molecule has 0 saturated carbocycles. The standard InChI is InChI=1S/C16H24N4O/c21-16(19-10-5-1-2-6-11-19)18-14-8-12-20(13-14)15-7-3-4-9-17-15/h3-4,7,9,14H,1-2,5-6,8,10-13H2,(H,18,21). The van der Waals surface area contributed by atoms with Crippen molar-refractivity contribution < 1.29 is 4.79 Å². The molecule has 21 heavy (non-hydrogen) atoms. The molecule has 3 rings (SSSR count). The summed E-state index contributed by atoms with van der Waals surface area (Å²) in [5.74, 6) is 1.00. The van der Waals surface area contributed by atoms with E-state index in [9.17, 15) is 4.79 Å². The summed E-state index contributed by atoms with van der Waals surface area (Å²) in [6.45, 7) is 3.63. The molecular weight excluding hydrogens is 264 g/mol. The normalized spacial score (nSPS) is 23.0. The maximum atomic E-state index is 12.3. The fourth-order valence-corrected chi connectivity index (χ4v) is 3.17. The largest absolute Gasteiger partial charge is 0.354 e. The minimum absolute atomic E-state index is 0.116. The summed E-state index contributed by atoms with van der Waals surface area (Å²) < 4.78 is 0. The van der Waals surface area contributed by atoms with Gasteiger partial charge in [-0.1, -0.05) is 18.9 Å². The molecule has 1 aromatic heterocycles. The third-order valence-electron chi connectivity index (χ3n) is 4.38. The summed E-state index contributed by atoms with van der Waals surface area (Å²) in [7, 11) is 0. The lowest BCUT2D eigenvalue weighted by Crippen LogP contribution is -2.46. The van der Waals surface area contributed by atoms with Crippen LogP contribution in [0.15, 0.2) is 24.4 Å². The van der Waals surface area contributed by atoms with E-state index < -0.39 is 0 Å². The van der Waals surface area contributed by atoms with Crippen molar-refractivity contribution in [3.63, 3.8) is 0 Å². The summed E-state index contributed by atoms with van der Waals surface area (Å²) in [4.78, 5) is 20.9. The highest BCUT2D eigenvalue weighted by Gasteiger charge is 2.26. The third kappa shape index (κ3) is 3.65. The van der Waals surface area contributed by atoms with Crippen LogP contribution in [0.2, 0.25) is 0 Å². The Labute approximate surface area is 126 Å². The number of hydrogen-bond donors (Lipinski definition) is 1. The molecule has 2 amide bonds. The number of nitrogens with zero attached hydrogens (tertiary/aromatic N) is 3. The van der Waals surface area contributed by atoms with Crippen molar-refractivity contribution >= 4 is 11.8 Å². The van der Waals surface area contributed by atoms with Gasteiger partial charge < -0.3 is 15.1 Å². The first-order valence-corrected chi connectivity index (χ1v) is 8.04. The number of anilines is 1. The highest BCUT2D eigenvalue weighted by molar-refractivity contribution is 5.74. The summed E-state index contributed by atoms with van der Waals surface area (Å²) in [5, 5.41) is 3.19. The zero-order valence-corrected chi connectivity index (χ0v) is 12.5. The number of nitrogens with one attached hydrogen (secondary N) is 1. The molecule has 5 heteroatoms. The smallest absolute Gasteiger partial charge is 0.317 e. The maximum absolute atomic E-state index is 12.3. The van der Waals surface area contributed by atoms with Gasteiger partial charge in [-0.25, -0.2) is 9.78 Å². The molecule has 2 aliphatic rings. The van der Waals surface area contributed by atoms with Gasteiger partial charge in [-0.15, -0.1) is 0 Å². The van der Waals surface area contributed by atoms with Crippen molar-refractivity contribution in [1.82, 2.24) is 15.2 Å². The second-order valence-corrected chi connectivity index (χ2v) is 5.97. The van der Waals surface area contributed by atoms with Crippen molar-refractivity contribution in [3.05, 3.63) is 24.4 Å². The lowest BCUT2D eigenvalue weighted by Gasteiger charge is -2.23. The number of amides is 2. The van der Waals surface area contributed by atoms with Crippen molar-refractivity contribution in [1.29, 1.82) is 0 Å². The number of urea groups is 1. The molecular formula is C16H24N4O. The van der Waals surface area contributed by atoms with Crippen LogP contribution in [0.25, 0.3) is 0 Å². The van der Waals surface area contributed by atoms with E-state index in [-0.39, 0.29) is 12.1 Å². The van der Waals surface area contributed by atoms with E-state index >= 15 is 0 Å². The van der Waals surface area contributed by atoms with Gasteiger partial charge in [0.1, 0.15) is 5.82 Å². The van der Waals surface area contributed by atoms with E-state index in [1.165, 1.54) is 12.8 Å². The number of aromatic nitrogens is 1. The molecule has 1 aromatic rings. The molecule has 1 atom stereocenters. The lowest BCUT2D eigenvalue weighted by molar-refractivity contribution is 0.196. The molecule has 0 radical (unpaired) electrons. The van der Waals surface area contributed by atoms with Crippen LogP contribution in [0, 0.1) is 0 Å². The van der Waals surface area contributed by atoms with Gasteiger partial charge in [-0.05, 0) is 31.4 Å². The molecule has 0 aromatic carbocycles. The van der Waals surface area contributed by atoms with E-state index in [0.717, 1.165) is 51.3 Å². The first-order valence-electron chi connectivity index (χ1n) is 8.04. The molecule has 1 unspecified atom stereocenters. The fourth-order valence-electron chi connectivity index (χ4n) is 3.17. The highest BCUT2D eigenvalue weighted by Crippen LogP contribution is 2.18. The summed E-state index contributed by atoms with van der Waals surface area (Å²) in [6, 6.07) is 6.32. The molecule has 0 aliphatic carbocycles. The van der Waals surface area contributed by atoms with Gasteiger partial charge in [0.2, 0.25) is 0 Å². The van der Waals surface area contributed by atoms with E-state index in [2.05, 4.69) is 15.2 Å². The molecule has 2 fully saturated rings. The van der Waals surface area contributed by atoms with Crippen molar-refractivity contribution in [3.8, 4) is 0 Å². The molecule has 2 aliphatic heterocycles. The van der Waals surface area contributed by atoms with Gasteiger partial charge >= 0.3 is 6.03 Å². The van der Waals surface area contributed by atoms with E-state index in [4.69, 9.17) is 0 Å². The van der Waals surface area contributed by atoms with Crippen molar-refractivity contribution in [2.24, 2.45) is 0 Å². The number of carbonyl (C=O) groups is 1. The first kappa shape index (κ1) is 14.2. The Bertz CT molecular complexity index is 457. The van der Waals surface area contributed by atoms with E-state index in [1.807, 2.05) is 29.3 Å². The SMILES string of the molecule is O=C(NC1CCN(c2ccccn2)C1)N1CCCCCC1. The van der Waals surface area contributed by atoms with Crippen molar-refractivity contribution in [2.45, 2.75) is 38.1 Å². The predicted molar refractivity (Wildman–Crippen MR) is 83.4 cm³/mol. The Morgan fingerprint density at radius 3 is 2.67 bits per heavy atom. The zero-order chi connectivity index (χ0) is 14.5. The maximum Gasteiger partial charge on any atom is 0.317 e. The topological polar surface area (TPSA) is 48.5 Å². The Morgan fingerprint density at radius 2 is 1.95 bits per heavy atom. The van der Waals surface area contributed by atoms with Crippen LogP contribution in [0.4, 0.5) is 10.6 Å². The predicted octanol–water partition coefficient (Wildman–Crippen LogP) is 2.25. The van der Waals surface area contributed by atoms with E-state index in [0.29, 0.717) is 0 Å². The molecule has 3 heterocycles. The Morgan fingerprint density at radius 1 is 1.14 bits per heavy atom. The van der Waals surface area contributed by atoms with Crippen LogP contribution in [0.1, 0.15) is 32.1 Å². The third-order valence-corrected chi connectivity index (χ3v) is 4.38. The van der Waals surface area contributed by atoms with Crippen LogP contribution in [-0.2, 0) is 0 Å². The number of likely N-dealkylation sites (tertiary alicyclic amines) is 1. The van der Waals surface area contributed by atoms with Gasteiger partial charge in [-0.2, -0.15) is 0 Å². The molecule has 1 N–H and O–H groups in total. The minimum atomic E-state index is 0.116. The van der Waals surface area contributed by atoms with Gasteiger partial charge in [0.25, 0.3) is 0 Å². The quantitative estimate of drug-likeness (QED) is 0.908. The Balaban J connectivity index is 1.51. The Hall–Kier alpha value is -1.78. The van der Waals surface area contributed by atoms with Crippen LogP contribution >= 0.6 is 0 Å². The van der Waals surface area contributed by atoms with Crippen molar-refractivity contribution in [2.75, 3.05) is 31.1 Å². The molecule has 5 nitrogen and oxygen atoms in total. The molecule has 114 valence electrons. The fraction of sp³-hybridized carbons (Fsp3) is 0.625. The summed E-state index contributed by atoms with van der Waals surface area (Å²) >= 11 is 0. The summed E-state index contributed by atoms with van der Waals surface area (Å²) in [6.07, 6.45) is 7.59. The highest BCUT2D eigenvalue weighted by atomic mass is 16.2.